The lowest BCUT2D eigenvalue weighted by molar-refractivity contribution is 0.0827. The summed E-state index contributed by atoms with van der Waals surface area (Å²) in [5.41, 5.74) is 0.835. The molecule has 0 spiro atoms. The van der Waals surface area contributed by atoms with Gasteiger partial charge in [-0.3, -0.25) is 10.1 Å². The molecule has 3 rings (SSSR count). The lowest BCUT2D eigenvalue weighted by Crippen LogP contribution is -2.41. The first kappa shape index (κ1) is 23.5. The highest BCUT2D eigenvalue weighted by molar-refractivity contribution is 6.30. The van der Waals surface area contributed by atoms with E-state index in [4.69, 9.17) is 16.3 Å². The summed E-state index contributed by atoms with van der Waals surface area (Å²) in [4.78, 5) is 17.0. The second-order valence-corrected chi connectivity index (χ2v) is 7.33. The van der Waals surface area contributed by atoms with E-state index in [1.54, 1.807) is 18.2 Å². The fraction of sp³-hybridized carbons (Fsp3) is 0.273. The maximum atomic E-state index is 13.7. The quantitative estimate of drug-likeness (QED) is 0.460. The molecule has 0 saturated heterocycles. The van der Waals surface area contributed by atoms with Crippen molar-refractivity contribution in [2.75, 3.05) is 13.2 Å². The number of rotatable bonds is 7. The third kappa shape index (κ3) is 6.41. The van der Waals surface area contributed by atoms with E-state index in [0.29, 0.717) is 12.4 Å². The van der Waals surface area contributed by atoms with Gasteiger partial charge in [-0.25, -0.2) is 13.8 Å². The van der Waals surface area contributed by atoms with Gasteiger partial charge in [0.15, 0.2) is 5.82 Å². The molecule has 1 amide bonds. The first-order chi connectivity index (χ1) is 15.4. The van der Waals surface area contributed by atoms with Gasteiger partial charge in [-0.15, -0.1) is 5.11 Å². The molecule has 168 valence electrons. The third-order valence-electron chi connectivity index (χ3n) is 4.44. The molecule has 0 bridgehead atoms. The average molecular weight is 462 g/mol. The van der Waals surface area contributed by atoms with Crippen molar-refractivity contribution in [1.29, 1.82) is 0 Å². The van der Waals surface area contributed by atoms with Gasteiger partial charge in [-0.1, -0.05) is 23.7 Å². The molecule has 1 aliphatic rings. The summed E-state index contributed by atoms with van der Waals surface area (Å²) in [6.45, 7) is 4.50. The number of aliphatic imine (C=N–C) groups is 1. The molecule has 2 aromatic rings. The van der Waals surface area contributed by atoms with E-state index in [9.17, 15) is 13.6 Å². The number of nitrogens with one attached hydrogen (secondary N) is 2. The van der Waals surface area contributed by atoms with Crippen molar-refractivity contribution in [1.82, 2.24) is 10.6 Å². The summed E-state index contributed by atoms with van der Waals surface area (Å²) in [5, 5.41) is 13.7. The largest absolute Gasteiger partial charge is 0.377 e. The molecule has 0 fully saturated rings. The molecule has 2 aromatic carbocycles. The van der Waals surface area contributed by atoms with Gasteiger partial charge in [0, 0.05) is 12.2 Å². The molecule has 0 radical (unpaired) electrons. The Kier molecular flexibility index (Phi) is 8.02. The summed E-state index contributed by atoms with van der Waals surface area (Å²) >= 11 is 5.68. The molecular formula is C22H22ClF2N5O2. The van der Waals surface area contributed by atoms with Crippen molar-refractivity contribution in [2.24, 2.45) is 15.2 Å². The Morgan fingerprint density at radius 2 is 2.00 bits per heavy atom. The molecule has 32 heavy (non-hydrogen) atoms. The minimum Gasteiger partial charge on any atom is -0.377 e. The van der Waals surface area contributed by atoms with Gasteiger partial charge in [0.25, 0.3) is 5.91 Å². The maximum absolute atomic E-state index is 13.7. The Bertz CT molecular complexity index is 1060. The minimum atomic E-state index is -0.704. The zero-order valence-electron chi connectivity index (χ0n) is 17.5. The second kappa shape index (κ2) is 10.9. The molecule has 2 unspecified atom stereocenters. The van der Waals surface area contributed by atoms with Crippen LogP contribution in [0.25, 0.3) is 0 Å². The third-order valence-corrected chi connectivity index (χ3v) is 4.74. The average Bonchev–Trinajstić information content (AvgIpc) is 3.23. The van der Waals surface area contributed by atoms with Crippen LogP contribution in [0.15, 0.2) is 69.6 Å². The number of guanidine groups is 1. The number of hydrogen-bond donors (Lipinski definition) is 2. The number of halogens is 3. The Balaban J connectivity index is 1.75. The van der Waals surface area contributed by atoms with Crippen molar-refractivity contribution >= 4 is 23.5 Å². The first-order valence-corrected chi connectivity index (χ1v) is 10.3. The highest BCUT2D eigenvalue weighted by Gasteiger charge is 2.18. The van der Waals surface area contributed by atoms with Crippen LogP contribution in [0.1, 0.15) is 35.8 Å². The first-order valence-electron chi connectivity index (χ1n) is 9.93. The lowest BCUT2D eigenvalue weighted by atomic mass is 10.1. The molecule has 1 heterocycles. The van der Waals surface area contributed by atoms with Crippen LogP contribution in [0, 0.1) is 11.6 Å². The second-order valence-electron chi connectivity index (χ2n) is 6.93. The predicted octanol–water partition coefficient (Wildman–Crippen LogP) is 4.77. The normalized spacial score (nSPS) is 16.6. The predicted molar refractivity (Wildman–Crippen MR) is 117 cm³/mol. The Hall–Kier alpha value is -3.17. The van der Waals surface area contributed by atoms with Crippen LogP contribution < -0.4 is 10.6 Å². The smallest absolute Gasteiger partial charge is 0.258 e. The molecule has 10 heteroatoms. The van der Waals surface area contributed by atoms with Gasteiger partial charge in [-0.05, 0) is 55.8 Å². The molecule has 0 aliphatic carbocycles. The van der Waals surface area contributed by atoms with Crippen molar-refractivity contribution < 1.29 is 18.3 Å². The molecule has 0 aromatic heterocycles. The van der Waals surface area contributed by atoms with E-state index < -0.39 is 17.8 Å². The fourth-order valence-electron chi connectivity index (χ4n) is 2.84. The van der Waals surface area contributed by atoms with Crippen LogP contribution in [0.2, 0.25) is 5.02 Å². The maximum Gasteiger partial charge on any atom is 0.258 e. The van der Waals surface area contributed by atoms with E-state index >= 15 is 0 Å². The summed E-state index contributed by atoms with van der Waals surface area (Å²) in [7, 11) is 0. The van der Waals surface area contributed by atoms with E-state index in [-0.39, 0.29) is 35.0 Å². The van der Waals surface area contributed by atoms with Crippen LogP contribution >= 0.6 is 11.6 Å². The Labute approximate surface area is 189 Å². The highest BCUT2D eigenvalue weighted by Crippen LogP contribution is 2.26. The molecule has 2 atom stereocenters. The standard InChI is InChI=1S/C22H22ClF2N5O2/c1-3-32-13(2)12-26-22(28-21(31)15-6-9-17(23)18(25)10-15)27-20-11-19(29-30-20)14-4-7-16(24)8-5-14/h4-11,13,19H,3,12H2,1-2H3,(H2,26,27,28,31). The van der Waals surface area contributed by atoms with Gasteiger partial charge >= 0.3 is 0 Å². The van der Waals surface area contributed by atoms with Gasteiger partial charge in [0.2, 0.25) is 5.96 Å². The topological polar surface area (TPSA) is 87.4 Å². The molecular weight excluding hydrogens is 440 g/mol. The summed E-state index contributed by atoms with van der Waals surface area (Å²) in [6.07, 6.45) is 1.52. The van der Waals surface area contributed by atoms with Gasteiger partial charge < -0.3 is 10.1 Å². The van der Waals surface area contributed by atoms with Gasteiger partial charge in [0.1, 0.15) is 17.7 Å². The van der Waals surface area contributed by atoms with Crippen LogP contribution in [0.4, 0.5) is 8.78 Å². The zero-order chi connectivity index (χ0) is 23.1. The van der Waals surface area contributed by atoms with Gasteiger partial charge in [-0.2, -0.15) is 5.11 Å². The summed E-state index contributed by atoms with van der Waals surface area (Å²) in [6, 6.07) is 9.27. The van der Waals surface area contributed by atoms with Crippen LogP contribution in [0.3, 0.4) is 0 Å². The highest BCUT2D eigenvalue weighted by atomic mass is 35.5. The monoisotopic (exact) mass is 461 g/mol. The van der Waals surface area contributed by atoms with Crippen LogP contribution in [-0.2, 0) is 4.74 Å². The molecule has 7 nitrogen and oxygen atoms in total. The summed E-state index contributed by atoms with van der Waals surface area (Å²) < 4.78 is 32.4. The SMILES string of the molecule is CCOC(C)CN=C(NC(=O)c1ccc(Cl)c(F)c1)NC1=CC(c2ccc(F)cc2)N=N1. The number of hydrogen-bond acceptors (Lipinski definition) is 5. The lowest BCUT2D eigenvalue weighted by Gasteiger charge is -2.13. The van der Waals surface area contributed by atoms with E-state index in [0.717, 1.165) is 11.6 Å². The fourth-order valence-corrected chi connectivity index (χ4v) is 2.95. The van der Waals surface area contributed by atoms with Crippen LogP contribution in [0.5, 0.6) is 0 Å². The Morgan fingerprint density at radius 3 is 2.69 bits per heavy atom. The van der Waals surface area contributed by atoms with E-state index in [1.807, 2.05) is 13.8 Å². The number of ether oxygens (including phenoxy) is 1. The number of carbonyl (C=O) groups is 1. The van der Waals surface area contributed by atoms with Crippen molar-refractivity contribution in [2.45, 2.75) is 26.0 Å². The van der Waals surface area contributed by atoms with Gasteiger partial charge in [0.05, 0.1) is 17.7 Å². The molecule has 1 aliphatic heterocycles. The number of carbonyl (C=O) groups excluding carboxylic acids is 1. The summed E-state index contributed by atoms with van der Waals surface area (Å²) in [5.74, 6) is -1.18. The molecule has 0 saturated carbocycles. The number of nitrogens with zero attached hydrogens (tertiary/aromatic N) is 3. The number of azo groups is 1. The van der Waals surface area contributed by atoms with Crippen molar-refractivity contribution in [3.8, 4) is 0 Å². The van der Waals surface area contributed by atoms with Crippen molar-refractivity contribution in [3.05, 3.63) is 82.1 Å². The Morgan fingerprint density at radius 1 is 1.25 bits per heavy atom. The minimum absolute atomic E-state index is 0.0745. The van der Waals surface area contributed by atoms with Crippen LogP contribution in [-0.4, -0.2) is 31.1 Å². The number of benzene rings is 2. The van der Waals surface area contributed by atoms with E-state index in [1.165, 1.54) is 24.3 Å². The van der Waals surface area contributed by atoms with E-state index in [2.05, 4.69) is 25.9 Å². The number of amides is 1. The molecule has 2 N–H and O–H groups in total. The van der Waals surface area contributed by atoms with Crippen molar-refractivity contribution in [3.63, 3.8) is 0 Å². The zero-order valence-corrected chi connectivity index (χ0v) is 18.2.